The molecule has 0 bridgehead atoms. The zero-order valence-corrected chi connectivity index (χ0v) is 3.29. The Balaban J connectivity index is 0. The molecule has 4 heavy (non-hydrogen) atoms. The maximum atomic E-state index is 8.79. The van der Waals surface area contributed by atoms with Crippen molar-refractivity contribution in [2.45, 2.75) is 0 Å². The van der Waals surface area contributed by atoms with Gasteiger partial charge in [0.15, 0.2) is 0 Å². The molecule has 4 heteroatoms. The molecule has 3 radical (unpaired) electrons. The Hall–Kier alpha value is -0.118. The summed E-state index contributed by atoms with van der Waals surface area (Å²) in [6.07, 6.45) is 0. The van der Waals surface area contributed by atoms with E-state index in [1.54, 1.807) is 0 Å². The van der Waals surface area contributed by atoms with Crippen molar-refractivity contribution in [1.29, 1.82) is 0 Å². The van der Waals surface area contributed by atoms with E-state index in [0.717, 1.165) is 0 Å². The molecule has 0 aliphatic rings. The lowest BCUT2D eigenvalue weighted by atomic mass is 10.8. The number of rotatable bonds is 0. The molecule has 2 N–H and O–H groups in total. The summed E-state index contributed by atoms with van der Waals surface area (Å²) in [7, 11) is -1.00. The summed E-state index contributed by atoms with van der Waals surface area (Å²) in [6.45, 7) is 0. The fraction of sp³-hybridized carbons (Fsp3) is 0. The van der Waals surface area contributed by atoms with Crippen LogP contribution in [-0.2, 0) is 4.46 Å². The van der Waals surface area contributed by atoms with E-state index in [0.29, 0.717) is 0 Å². The van der Waals surface area contributed by atoms with Gasteiger partial charge in [0.1, 0.15) is 0 Å². The van der Waals surface area contributed by atoms with Crippen LogP contribution >= 0.6 is 0 Å². The Labute approximate surface area is 28.9 Å². The lowest BCUT2D eigenvalue weighted by Gasteiger charge is -1.29. The van der Waals surface area contributed by atoms with Crippen LogP contribution in [0.25, 0.3) is 0 Å². The standard InChI is InChI=1S/B.H3NOSi/c;1-3-2/h;3H,1H2. The molecule has 0 amide bonds. The molecule has 0 atom stereocenters. The van der Waals surface area contributed by atoms with Gasteiger partial charge in [-0.15, -0.1) is 0 Å². The summed E-state index contributed by atoms with van der Waals surface area (Å²) in [5.74, 6) is 0. The van der Waals surface area contributed by atoms with Gasteiger partial charge in [-0.05, 0) is 0 Å². The van der Waals surface area contributed by atoms with Crippen LogP contribution in [0.5, 0.6) is 0 Å². The van der Waals surface area contributed by atoms with E-state index in [1.807, 2.05) is 0 Å². The van der Waals surface area contributed by atoms with Gasteiger partial charge >= 0.3 is 9.57 Å². The average molecular weight is 71.9 g/mol. The largest absolute Gasteiger partial charge is 0.405 e. The van der Waals surface area contributed by atoms with Crippen molar-refractivity contribution < 1.29 is 4.46 Å². The molecule has 0 saturated heterocycles. The predicted molar refractivity (Wildman–Crippen MR) is 17.8 cm³/mol. The first-order chi connectivity index (χ1) is 1.41. The van der Waals surface area contributed by atoms with Gasteiger partial charge in [0.05, 0.1) is 0 Å². The van der Waals surface area contributed by atoms with Crippen LogP contribution in [0, 0.1) is 0 Å². The quantitative estimate of drug-likeness (QED) is 0.345. The molecule has 0 fully saturated rings. The van der Waals surface area contributed by atoms with E-state index in [4.69, 9.17) is 4.46 Å². The highest BCUT2D eigenvalue weighted by atomic mass is 28.2. The summed E-state index contributed by atoms with van der Waals surface area (Å²) < 4.78 is 8.79. The Morgan fingerprint density at radius 2 is 1.75 bits per heavy atom. The lowest BCUT2D eigenvalue weighted by Crippen LogP contribution is -1.86. The molecule has 21 valence electrons. The second-order valence-electron chi connectivity index (χ2n) is 0.136. The summed E-state index contributed by atoms with van der Waals surface area (Å²) in [4.78, 5) is 0. The monoisotopic (exact) mass is 72.0 g/mol. The second kappa shape index (κ2) is 13.1. The van der Waals surface area contributed by atoms with Gasteiger partial charge in [0, 0.05) is 8.41 Å². The van der Waals surface area contributed by atoms with E-state index in [9.17, 15) is 0 Å². The third-order valence-electron chi connectivity index (χ3n) is 0. The molecule has 2 nitrogen and oxygen atoms in total. The molecule has 0 rings (SSSR count). The van der Waals surface area contributed by atoms with Gasteiger partial charge < -0.3 is 9.86 Å². The van der Waals surface area contributed by atoms with E-state index >= 15 is 0 Å². The van der Waals surface area contributed by atoms with Crippen LogP contribution in [0.4, 0.5) is 0 Å². The van der Waals surface area contributed by atoms with Crippen molar-refractivity contribution in [3.8, 4) is 0 Å². The van der Waals surface area contributed by atoms with Gasteiger partial charge in [0.2, 0.25) is 0 Å². The highest BCUT2D eigenvalue weighted by Crippen LogP contribution is 0.756. The minimum atomic E-state index is -1.00. The maximum absolute atomic E-state index is 8.79. The molecule has 0 aliphatic heterocycles. The first-order valence-electron chi connectivity index (χ1n) is 0.569. The summed E-state index contributed by atoms with van der Waals surface area (Å²) >= 11 is 0. The van der Waals surface area contributed by atoms with Crippen LogP contribution in [0.1, 0.15) is 0 Å². The molecule has 0 heterocycles. The highest BCUT2D eigenvalue weighted by molar-refractivity contribution is 6.11. The average Bonchev–Trinajstić information content (AvgIpc) is 0.918. The Morgan fingerprint density at radius 1 is 1.75 bits per heavy atom. The Bertz CT molecular complexity index is 15.5. The van der Waals surface area contributed by atoms with Crippen molar-refractivity contribution in [3.05, 3.63) is 0 Å². The van der Waals surface area contributed by atoms with Gasteiger partial charge in [-0.1, -0.05) is 0 Å². The SMILES string of the molecule is N[SiH]=O.[B]. The third-order valence-corrected chi connectivity index (χ3v) is 0. The van der Waals surface area contributed by atoms with Crippen molar-refractivity contribution in [2.24, 2.45) is 5.40 Å². The topological polar surface area (TPSA) is 43.1 Å². The fourth-order valence-electron chi connectivity index (χ4n) is 0. The van der Waals surface area contributed by atoms with Crippen molar-refractivity contribution in [2.75, 3.05) is 0 Å². The summed E-state index contributed by atoms with van der Waals surface area (Å²) in [6, 6.07) is 0. The maximum Gasteiger partial charge on any atom is 0.374 e. The van der Waals surface area contributed by atoms with Crippen molar-refractivity contribution in [1.82, 2.24) is 0 Å². The number of hydrogen-bond acceptors (Lipinski definition) is 1. The zero-order valence-electron chi connectivity index (χ0n) is 2.14. The Morgan fingerprint density at radius 3 is 1.75 bits per heavy atom. The normalized spacial score (nSPS) is 3.00. The first kappa shape index (κ1) is 9.10. The predicted octanol–water partition coefficient (Wildman–Crippen LogP) is -1.74. The molecule has 0 saturated carbocycles. The van der Waals surface area contributed by atoms with Gasteiger partial charge in [-0.3, -0.25) is 0 Å². The molecule has 0 aromatic heterocycles. The Kier molecular flexibility index (Phi) is 29.9. The first-order valence-corrected chi connectivity index (χ1v) is 1.71. The van der Waals surface area contributed by atoms with Crippen molar-refractivity contribution in [3.63, 3.8) is 0 Å². The van der Waals surface area contributed by atoms with Crippen LogP contribution < -0.4 is 5.40 Å². The molecule has 0 spiro atoms. The van der Waals surface area contributed by atoms with Crippen LogP contribution in [0.2, 0.25) is 0 Å². The van der Waals surface area contributed by atoms with Crippen LogP contribution in [0.3, 0.4) is 0 Å². The zero-order chi connectivity index (χ0) is 2.71. The van der Waals surface area contributed by atoms with E-state index < -0.39 is 9.57 Å². The molecular formula is H3BNOSi. The molecule has 0 unspecified atom stereocenters. The molecular weight excluding hydrogens is 68.9 g/mol. The lowest BCUT2D eigenvalue weighted by molar-refractivity contribution is 0.578. The van der Waals surface area contributed by atoms with Gasteiger partial charge in [0.25, 0.3) is 0 Å². The van der Waals surface area contributed by atoms with Gasteiger partial charge in [-0.2, -0.15) is 0 Å². The third kappa shape index (κ3) is 105. The van der Waals surface area contributed by atoms with E-state index in [-0.39, 0.29) is 8.41 Å². The van der Waals surface area contributed by atoms with Crippen LogP contribution in [-0.4, -0.2) is 18.0 Å². The minimum Gasteiger partial charge on any atom is -0.405 e. The number of nitrogens with two attached hydrogens (primary N) is 1. The summed E-state index contributed by atoms with van der Waals surface area (Å²) in [5, 5.41) is 4.38. The molecule has 0 aromatic rings. The fourth-order valence-corrected chi connectivity index (χ4v) is 0. The smallest absolute Gasteiger partial charge is 0.374 e. The number of hydrogen-bond donors (Lipinski definition) is 1. The second-order valence-corrected chi connectivity index (χ2v) is 0.408. The minimum absolute atomic E-state index is 0. The van der Waals surface area contributed by atoms with Gasteiger partial charge in [-0.25, -0.2) is 0 Å². The van der Waals surface area contributed by atoms with Crippen molar-refractivity contribution >= 4 is 18.0 Å². The molecule has 0 aromatic carbocycles. The highest BCUT2D eigenvalue weighted by Gasteiger charge is 1.27. The molecule has 0 aliphatic carbocycles. The van der Waals surface area contributed by atoms with E-state index in [2.05, 4.69) is 5.40 Å². The van der Waals surface area contributed by atoms with E-state index in [1.165, 1.54) is 0 Å². The summed E-state index contributed by atoms with van der Waals surface area (Å²) in [5.41, 5.74) is 0. The van der Waals surface area contributed by atoms with Crippen LogP contribution in [0.15, 0.2) is 0 Å².